The third kappa shape index (κ3) is 1.94. The van der Waals surface area contributed by atoms with Crippen LogP contribution >= 0.6 is 0 Å². The topological polar surface area (TPSA) is 0 Å². The summed E-state index contributed by atoms with van der Waals surface area (Å²) in [6.45, 7) is 9.17. The lowest BCUT2D eigenvalue weighted by atomic mass is 9.85. The number of hydrogen-bond donors (Lipinski definition) is 0. The van der Waals surface area contributed by atoms with Gasteiger partial charge >= 0.3 is 0 Å². The molecule has 0 heterocycles. The second-order valence-electron chi connectivity index (χ2n) is 4.93. The van der Waals surface area contributed by atoms with Gasteiger partial charge < -0.3 is 0 Å². The maximum atomic E-state index is 2.43. The van der Waals surface area contributed by atoms with Crippen molar-refractivity contribution in [3.63, 3.8) is 0 Å². The van der Waals surface area contributed by atoms with Crippen molar-refractivity contribution >= 4 is 6.08 Å². The Labute approximate surface area is 106 Å². The van der Waals surface area contributed by atoms with Crippen molar-refractivity contribution in [2.24, 2.45) is 0 Å². The molecule has 0 nitrogen and oxygen atoms in total. The van der Waals surface area contributed by atoms with E-state index in [4.69, 9.17) is 0 Å². The fraction of sp³-hybridized carbons (Fsp3) is 0.529. The smallest absolute Gasteiger partial charge is 0.00274 e. The predicted octanol–water partition coefficient (Wildman–Crippen LogP) is 4.89. The molecule has 0 bridgehead atoms. The van der Waals surface area contributed by atoms with E-state index in [1.807, 2.05) is 0 Å². The molecule has 1 atom stereocenters. The average Bonchev–Trinajstić information content (AvgIpc) is 2.78. The highest BCUT2D eigenvalue weighted by Crippen LogP contribution is 2.38. The van der Waals surface area contributed by atoms with E-state index in [9.17, 15) is 0 Å². The van der Waals surface area contributed by atoms with Crippen LogP contribution in [0.1, 0.15) is 67.9 Å². The minimum Gasteiger partial charge on any atom is -0.0764 e. The van der Waals surface area contributed by atoms with Crippen LogP contribution in [0.2, 0.25) is 0 Å². The highest BCUT2D eigenvalue weighted by atomic mass is 14.3. The summed E-state index contributed by atoms with van der Waals surface area (Å²) in [7, 11) is 0. The summed E-state index contributed by atoms with van der Waals surface area (Å²) >= 11 is 0. The Morgan fingerprint density at radius 3 is 2.18 bits per heavy atom. The first-order valence-corrected chi connectivity index (χ1v) is 7.12. The molecular formula is C17H24. The predicted molar refractivity (Wildman–Crippen MR) is 76.6 cm³/mol. The van der Waals surface area contributed by atoms with E-state index >= 15 is 0 Å². The molecule has 0 N–H and O–H groups in total. The van der Waals surface area contributed by atoms with Gasteiger partial charge in [-0.25, -0.2) is 0 Å². The summed E-state index contributed by atoms with van der Waals surface area (Å²) in [4.78, 5) is 0. The summed E-state index contributed by atoms with van der Waals surface area (Å²) in [5.41, 5.74) is 7.94. The van der Waals surface area contributed by atoms with Crippen LogP contribution in [0.3, 0.4) is 0 Å². The quantitative estimate of drug-likeness (QED) is 0.688. The van der Waals surface area contributed by atoms with Crippen molar-refractivity contribution in [3.05, 3.63) is 40.0 Å². The van der Waals surface area contributed by atoms with Crippen LogP contribution < -0.4 is 0 Å². The number of fused-ring (bicyclic) bond motifs is 1. The summed E-state index contributed by atoms with van der Waals surface area (Å²) in [6.07, 6.45) is 9.47. The number of benzene rings is 1. The van der Waals surface area contributed by atoms with Gasteiger partial charge in [0.05, 0.1) is 0 Å². The Bertz CT molecular complexity index is 438. The standard InChI is InChI=1S/C17H24/c1-5-12-9-10-14-11-13(6-2)15(7-3)16(8-4)17(12)14/h9-12H,5-8H2,1-4H3. The molecule has 0 aromatic heterocycles. The van der Waals surface area contributed by atoms with Crippen LogP contribution in [0.15, 0.2) is 12.1 Å². The minimum absolute atomic E-state index is 0.663. The monoisotopic (exact) mass is 228 g/mol. The van der Waals surface area contributed by atoms with E-state index in [1.165, 1.54) is 24.8 Å². The van der Waals surface area contributed by atoms with Crippen molar-refractivity contribution in [1.82, 2.24) is 0 Å². The number of aryl methyl sites for hydroxylation is 1. The summed E-state index contributed by atoms with van der Waals surface area (Å²) in [6, 6.07) is 2.43. The number of rotatable bonds is 4. The van der Waals surface area contributed by atoms with Crippen molar-refractivity contribution in [2.45, 2.75) is 59.3 Å². The van der Waals surface area contributed by atoms with E-state index in [2.05, 4.69) is 45.9 Å². The van der Waals surface area contributed by atoms with Crippen LogP contribution in [-0.4, -0.2) is 0 Å². The van der Waals surface area contributed by atoms with Crippen molar-refractivity contribution in [1.29, 1.82) is 0 Å². The Hall–Kier alpha value is -1.04. The molecule has 0 radical (unpaired) electrons. The van der Waals surface area contributed by atoms with Crippen LogP contribution in [0.5, 0.6) is 0 Å². The molecule has 2 rings (SSSR count). The lowest BCUT2D eigenvalue weighted by Gasteiger charge is -2.20. The molecule has 1 aliphatic carbocycles. The fourth-order valence-electron chi connectivity index (χ4n) is 3.27. The van der Waals surface area contributed by atoms with Gasteiger partial charge in [0.15, 0.2) is 0 Å². The molecule has 0 saturated heterocycles. The molecule has 92 valence electrons. The zero-order chi connectivity index (χ0) is 12.4. The molecule has 0 saturated carbocycles. The largest absolute Gasteiger partial charge is 0.0764 e. The maximum Gasteiger partial charge on any atom is 0.00274 e. The van der Waals surface area contributed by atoms with Crippen LogP contribution in [0, 0.1) is 0 Å². The molecule has 0 aliphatic heterocycles. The van der Waals surface area contributed by atoms with Gasteiger partial charge in [0.1, 0.15) is 0 Å². The van der Waals surface area contributed by atoms with E-state index in [0.29, 0.717) is 5.92 Å². The van der Waals surface area contributed by atoms with Gasteiger partial charge in [-0.2, -0.15) is 0 Å². The maximum absolute atomic E-state index is 2.43. The fourth-order valence-corrected chi connectivity index (χ4v) is 3.27. The van der Waals surface area contributed by atoms with Gasteiger partial charge in [-0.15, -0.1) is 0 Å². The van der Waals surface area contributed by atoms with Crippen molar-refractivity contribution in [2.75, 3.05) is 0 Å². The van der Waals surface area contributed by atoms with Crippen LogP contribution in [0.4, 0.5) is 0 Å². The van der Waals surface area contributed by atoms with Gasteiger partial charge in [0.25, 0.3) is 0 Å². The normalized spacial score (nSPS) is 17.5. The Morgan fingerprint density at radius 1 is 0.941 bits per heavy atom. The Kier molecular flexibility index (Phi) is 3.71. The third-order valence-electron chi connectivity index (χ3n) is 4.12. The summed E-state index contributed by atoms with van der Waals surface area (Å²) < 4.78 is 0. The van der Waals surface area contributed by atoms with E-state index in [0.717, 1.165) is 6.42 Å². The summed E-state index contributed by atoms with van der Waals surface area (Å²) in [5, 5.41) is 0. The first kappa shape index (κ1) is 12.4. The first-order valence-electron chi connectivity index (χ1n) is 7.12. The van der Waals surface area contributed by atoms with Gasteiger partial charge in [-0.1, -0.05) is 45.9 Å². The molecule has 1 aromatic carbocycles. The zero-order valence-electron chi connectivity index (χ0n) is 11.6. The number of allylic oxidation sites excluding steroid dienone is 1. The highest BCUT2D eigenvalue weighted by Gasteiger charge is 2.22. The molecule has 0 amide bonds. The second-order valence-corrected chi connectivity index (χ2v) is 4.93. The van der Waals surface area contributed by atoms with Gasteiger partial charge in [-0.05, 0) is 53.5 Å². The first-order chi connectivity index (χ1) is 8.26. The molecule has 0 spiro atoms. The molecule has 1 aromatic rings. The highest BCUT2D eigenvalue weighted by molar-refractivity contribution is 5.67. The molecule has 1 unspecified atom stereocenters. The van der Waals surface area contributed by atoms with Gasteiger partial charge in [0, 0.05) is 5.92 Å². The molecule has 0 heteroatoms. The van der Waals surface area contributed by atoms with Gasteiger partial charge in [-0.3, -0.25) is 0 Å². The lowest BCUT2D eigenvalue weighted by Crippen LogP contribution is -2.06. The van der Waals surface area contributed by atoms with E-state index in [1.54, 1.807) is 22.3 Å². The molecule has 1 aliphatic rings. The second kappa shape index (κ2) is 5.08. The van der Waals surface area contributed by atoms with Crippen molar-refractivity contribution in [3.8, 4) is 0 Å². The summed E-state index contributed by atoms with van der Waals surface area (Å²) in [5.74, 6) is 0.663. The molecular weight excluding hydrogens is 204 g/mol. The third-order valence-corrected chi connectivity index (χ3v) is 4.12. The number of hydrogen-bond acceptors (Lipinski definition) is 0. The van der Waals surface area contributed by atoms with Crippen LogP contribution in [-0.2, 0) is 19.3 Å². The Balaban J connectivity index is 2.65. The lowest BCUT2D eigenvalue weighted by molar-refractivity contribution is 0.796. The average molecular weight is 228 g/mol. The Morgan fingerprint density at radius 2 is 1.65 bits per heavy atom. The zero-order valence-corrected chi connectivity index (χ0v) is 11.6. The van der Waals surface area contributed by atoms with Gasteiger partial charge in [0.2, 0.25) is 0 Å². The minimum atomic E-state index is 0.663. The van der Waals surface area contributed by atoms with E-state index in [-0.39, 0.29) is 0 Å². The van der Waals surface area contributed by atoms with Crippen molar-refractivity contribution < 1.29 is 0 Å². The SMILES string of the molecule is CCc1cc2c(c(CC)c1CC)C(CC)C=C2. The molecule has 17 heavy (non-hydrogen) atoms. The molecule has 0 fully saturated rings. The van der Waals surface area contributed by atoms with E-state index < -0.39 is 0 Å². The van der Waals surface area contributed by atoms with Crippen LogP contribution in [0.25, 0.3) is 6.08 Å².